The summed E-state index contributed by atoms with van der Waals surface area (Å²) in [5, 5.41) is 5.01. The second kappa shape index (κ2) is 7.45. The lowest BCUT2D eigenvalue weighted by molar-refractivity contribution is 0.325. The van der Waals surface area contributed by atoms with Gasteiger partial charge in [-0.1, -0.05) is 29.3 Å². The van der Waals surface area contributed by atoms with E-state index in [0.29, 0.717) is 29.6 Å². The molecule has 0 amide bonds. The summed E-state index contributed by atoms with van der Waals surface area (Å²) in [4.78, 5) is 14.2. The summed E-state index contributed by atoms with van der Waals surface area (Å²) in [5.74, 6) is 0.697. The van der Waals surface area contributed by atoms with Crippen LogP contribution in [0.3, 0.4) is 0 Å². The molecule has 0 fully saturated rings. The molecule has 0 aliphatic carbocycles. The number of halogens is 2. The highest BCUT2D eigenvalue weighted by Crippen LogP contribution is 2.22. The molecular formula is C17H21Cl2N3O2. The van der Waals surface area contributed by atoms with E-state index < -0.39 is 5.54 Å². The Morgan fingerprint density at radius 1 is 1.29 bits per heavy atom. The predicted octanol–water partition coefficient (Wildman–Crippen LogP) is 3.82. The Morgan fingerprint density at radius 2 is 2.00 bits per heavy atom. The lowest BCUT2D eigenvalue weighted by Gasteiger charge is -2.24. The molecule has 0 aliphatic heterocycles. The Hall–Kier alpha value is -1.72. The van der Waals surface area contributed by atoms with Gasteiger partial charge >= 0.3 is 0 Å². The number of hydrogen-bond donors (Lipinski definition) is 0. The topological polar surface area (TPSA) is 47.4 Å². The van der Waals surface area contributed by atoms with E-state index in [1.54, 1.807) is 18.3 Å². The SMILES string of the molecule is CN(CCOc1cccc(Cl)c1)c1cnn(C(C)(C)C)c(=O)c1Cl. The fourth-order valence-corrected chi connectivity index (χ4v) is 2.60. The van der Waals surface area contributed by atoms with E-state index in [-0.39, 0.29) is 10.6 Å². The molecule has 1 heterocycles. The summed E-state index contributed by atoms with van der Waals surface area (Å²) in [7, 11) is 1.84. The van der Waals surface area contributed by atoms with Gasteiger partial charge in [0.05, 0.1) is 24.0 Å². The fourth-order valence-electron chi connectivity index (χ4n) is 2.15. The van der Waals surface area contributed by atoms with Crippen LogP contribution < -0.4 is 15.2 Å². The van der Waals surface area contributed by atoms with Crippen LogP contribution in [0.1, 0.15) is 20.8 Å². The first-order chi connectivity index (χ1) is 11.2. The molecule has 24 heavy (non-hydrogen) atoms. The normalized spacial score (nSPS) is 11.4. The summed E-state index contributed by atoms with van der Waals surface area (Å²) in [5.41, 5.74) is -0.144. The third kappa shape index (κ3) is 4.42. The summed E-state index contributed by atoms with van der Waals surface area (Å²) >= 11 is 12.2. The zero-order valence-electron chi connectivity index (χ0n) is 14.2. The van der Waals surface area contributed by atoms with E-state index in [2.05, 4.69) is 5.10 Å². The number of anilines is 1. The third-order valence-electron chi connectivity index (χ3n) is 3.44. The molecule has 5 nitrogen and oxygen atoms in total. The Bertz CT molecular complexity index is 769. The summed E-state index contributed by atoms with van der Waals surface area (Å²) in [6.45, 7) is 6.68. The zero-order chi connectivity index (χ0) is 17.9. The number of ether oxygens (including phenoxy) is 1. The van der Waals surface area contributed by atoms with Gasteiger partial charge in [0, 0.05) is 12.1 Å². The Balaban J connectivity index is 2.06. The second-order valence-electron chi connectivity index (χ2n) is 6.46. The molecule has 0 N–H and O–H groups in total. The van der Waals surface area contributed by atoms with Crippen molar-refractivity contribution in [1.82, 2.24) is 9.78 Å². The van der Waals surface area contributed by atoms with Crippen molar-refractivity contribution in [3.05, 3.63) is 50.9 Å². The standard InChI is InChI=1S/C17H21Cl2N3O2/c1-17(2,3)22-16(23)15(19)14(11-20-22)21(4)8-9-24-13-7-5-6-12(18)10-13/h5-7,10-11H,8-9H2,1-4H3. The highest BCUT2D eigenvalue weighted by Gasteiger charge is 2.20. The van der Waals surface area contributed by atoms with Crippen molar-refractivity contribution in [2.75, 3.05) is 25.1 Å². The van der Waals surface area contributed by atoms with Gasteiger partial charge < -0.3 is 9.64 Å². The molecule has 0 saturated heterocycles. The van der Waals surface area contributed by atoms with Gasteiger partial charge in [0.1, 0.15) is 17.4 Å². The molecule has 0 spiro atoms. The summed E-state index contributed by atoms with van der Waals surface area (Å²) in [6, 6.07) is 7.20. The van der Waals surface area contributed by atoms with Gasteiger partial charge in [-0.05, 0) is 39.0 Å². The van der Waals surface area contributed by atoms with Gasteiger partial charge in [-0.3, -0.25) is 4.79 Å². The highest BCUT2D eigenvalue weighted by atomic mass is 35.5. The first kappa shape index (κ1) is 18.6. The van der Waals surface area contributed by atoms with Crippen LogP contribution in [0.5, 0.6) is 5.75 Å². The predicted molar refractivity (Wildman–Crippen MR) is 98.7 cm³/mol. The minimum Gasteiger partial charge on any atom is -0.492 e. The van der Waals surface area contributed by atoms with Crippen LogP contribution in [0, 0.1) is 0 Å². The summed E-state index contributed by atoms with van der Waals surface area (Å²) in [6.07, 6.45) is 1.61. The average molecular weight is 370 g/mol. The fraction of sp³-hybridized carbons (Fsp3) is 0.412. The van der Waals surface area contributed by atoms with Crippen LogP contribution in [0.4, 0.5) is 5.69 Å². The Morgan fingerprint density at radius 3 is 2.62 bits per heavy atom. The zero-order valence-corrected chi connectivity index (χ0v) is 15.7. The van der Waals surface area contributed by atoms with Crippen molar-refractivity contribution >= 4 is 28.9 Å². The highest BCUT2D eigenvalue weighted by molar-refractivity contribution is 6.33. The van der Waals surface area contributed by atoms with Crippen molar-refractivity contribution in [3.63, 3.8) is 0 Å². The lowest BCUT2D eigenvalue weighted by Crippen LogP contribution is -2.37. The van der Waals surface area contributed by atoms with Crippen molar-refractivity contribution in [1.29, 1.82) is 0 Å². The molecule has 2 rings (SSSR count). The summed E-state index contributed by atoms with van der Waals surface area (Å²) < 4.78 is 7.04. The lowest BCUT2D eigenvalue weighted by atomic mass is 10.1. The van der Waals surface area contributed by atoms with Gasteiger partial charge in [0.2, 0.25) is 0 Å². The molecule has 0 bridgehead atoms. The molecule has 0 radical (unpaired) electrons. The molecule has 130 valence electrons. The first-order valence-corrected chi connectivity index (χ1v) is 8.33. The van der Waals surface area contributed by atoms with Crippen LogP contribution in [-0.4, -0.2) is 30.0 Å². The van der Waals surface area contributed by atoms with Gasteiger partial charge in [0.15, 0.2) is 0 Å². The third-order valence-corrected chi connectivity index (χ3v) is 4.03. The van der Waals surface area contributed by atoms with Crippen molar-refractivity contribution in [2.45, 2.75) is 26.3 Å². The molecule has 7 heteroatoms. The monoisotopic (exact) mass is 369 g/mol. The Labute approximate surface area is 151 Å². The van der Waals surface area contributed by atoms with Gasteiger partial charge in [-0.2, -0.15) is 5.10 Å². The molecule has 0 saturated carbocycles. The maximum atomic E-state index is 12.4. The van der Waals surface area contributed by atoms with Crippen LogP contribution in [0.2, 0.25) is 10.0 Å². The van der Waals surface area contributed by atoms with Crippen LogP contribution in [-0.2, 0) is 5.54 Å². The number of aromatic nitrogens is 2. The van der Waals surface area contributed by atoms with Crippen LogP contribution in [0.15, 0.2) is 35.3 Å². The molecule has 0 unspecified atom stereocenters. The van der Waals surface area contributed by atoms with Crippen molar-refractivity contribution < 1.29 is 4.74 Å². The number of rotatable bonds is 5. The maximum Gasteiger partial charge on any atom is 0.288 e. The van der Waals surface area contributed by atoms with E-state index in [0.717, 1.165) is 0 Å². The quantitative estimate of drug-likeness (QED) is 0.803. The molecule has 0 atom stereocenters. The second-order valence-corrected chi connectivity index (χ2v) is 7.27. The van der Waals surface area contributed by atoms with E-state index in [1.807, 2.05) is 44.9 Å². The van der Waals surface area contributed by atoms with Gasteiger partial charge in [-0.15, -0.1) is 0 Å². The van der Waals surface area contributed by atoms with E-state index in [1.165, 1.54) is 4.68 Å². The van der Waals surface area contributed by atoms with E-state index >= 15 is 0 Å². The number of likely N-dealkylation sites (N-methyl/N-ethyl adjacent to an activating group) is 1. The number of benzene rings is 1. The molecule has 1 aromatic carbocycles. The number of nitrogens with zero attached hydrogens (tertiary/aromatic N) is 3. The maximum absolute atomic E-state index is 12.4. The minimum atomic E-state index is -0.423. The smallest absolute Gasteiger partial charge is 0.288 e. The molecule has 0 aliphatic rings. The van der Waals surface area contributed by atoms with Crippen molar-refractivity contribution in [3.8, 4) is 5.75 Å². The van der Waals surface area contributed by atoms with Gasteiger partial charge in [0.25, 0.3) is 5.56 Å². The van der Waals surface area contributed by atoms with E-state index in [9.17, 15) is 4.79 Å². The Kier molecular flexibility index (Phi) is 5.78. The van der Waals surface area contributed by atoms with Gasteiger partial charge in [-0.25, -0.2) is 4.68 Å². The van der Waals surface area contributed by atoms with E-state index in [4.69, 9.17) is 27.9 Å². The molecular weight excluding hydrogens is 349 g/mol. The van der Waals surface area contributed by atoms with Crippen LogP contribution >= 0.6 is 23.2 Å². The minimum absolute atomic E-state index is 0.158. The number of hydrogen-bond acceptors (Lipinski definition) is 4. The molecule has 2 aromatic rings. The van der Waals surface area contributed by atoms with Crippen LogP contribution in [0.25, 0.3) is 0 Å². The van der Waals surface area contributed by atoms with Crippen molar-refractivity contribution in [2.24, 2.45) is 0 Å². The largest absolute Gasteiger partial charge is 0.492 e. The first-order valence-electron chi connectivity index (χ1n) is 7.58. The molecule has 1 aromatic heterocycles. The average Bonchev–Trinajstić information content (AvgIpc) is 2.48.